The van der Waals surface area contributed by atoms with Gasteiger partial charge in [-0.3, -0.25) is 4.79 Å². The number of hydrogen-bond acceptors (Lipinski definition) is 6. The molecular weight excluding hydrogens is 345 g/mol. The van der Waals surface area contributed by atoms with Gasteiger partial charge in [0.15, 0.2) is 6.04 Å². The lowest BCUT2D eigenvalue weighted by atomic mass is 10.2. The number of carbonyl (C=O) groups is 3. The largest absolute Gasteiger partial charge is 0.490 e. The Morgan fingerprint density at radius 3 is 2.28 bits per heavy atom. The Bertz CT molecular complexity index is 605. The minimum absolute atomic E-state index is 0.169. The van der Waals surface area contributed by atoms with Crippen molar-refractivity contribution in [2.75, 3.05) is 6.61 Å². The molecule has 1 rings (SSSR count). The van der Waals surface area contributed by atoms with E-state index in [2.05, 4.69) is 10.1 Å². The van der Waals surface area contributed by atoms with Crippen LogP contribution in [0.4, 0.5) is 13.2 Å². The first-order valence-corrected chi connectivity index (χ1v) is 7.11. The molecule has 7 nitrogen and oxygen atoms in total. The number of esters is 2. The number of benzene rings is 1. The fourth-order valence-electron chi connectivity index (χ4n) is 1.54. The molecule has 0 fully saturated rings. The van der Waals surface area contributed by atoms with Crippen molar-refractivity contribution < 1.29 is 37.0 Å². The van der Waals surface area contributed by atoms with Crippen molar-refractivity contribution in [3.05, 3.63) is 35.9 Å². The van der Waals surface area contributed by atoms with Gasteiger partial charge < -0.3 is 20.5 Å². The van der Waals surface area contributed by atoms with Crippen molar-refractivity contribution in [1.29, 1.82) is 0 Å². The van der Waals surface area contributed by atoms with Gasteiger partial charge in [0.25, 0.3) is 0 Å². The van der Waals surface area contributed by atoms with E-state index in [1.54, 1.807) is 30.3 Å². The second-order valence-electron chi connectivity index (χ2n) is 5.04. The van der Waals surface area contributed by atoms with Crippen LogP contribution in [0.1, 0.15) is 12.5 Å². The number of halogens is 3. The van der Waals surface area contributed by atoms with Gasteiger partial charge in [0.1, 0.15) is 13.2 Å². The first-order chi connectivity index (χ1) is 11.6. The van der Waals surface area contributed by atoms with Gasteiger partial charge in [-0.2, -0.15) is 13.2 Å². The van der Waals surface area contributed by atoms with Crippen LogP contribution in [0.3, 0.4) is 0 Å². The molecule has 0 aliphatic rings. The summed E-state index contributed by atoms with van der Waals surface area (Å²) in [5, 5.41) is 2.08. The number of ether oxygens (including phenoxy) is 2. The monoisotopic (exact) mass is 362 g/mol. The van der Waals surface area contributed by atoms with Crippen LogP contribution in [0, 0.1) is 0 Å². The maximum absolute atomic E-state index is 12.2. The summed E-state index contributed by atoms with van der Waals surface area (Å²) >= 11 is 0. The Hall–Kier alpha value is -2.62. The maximum Gasteiger partial charge on any atom is 0.490 e. The molecule has 0 aromatic heterocycles. The van der Waals surface area contributed by atoms with Crippen LogP contribution in [0.5, 0.6) is 0 Å². The quantitative estimate of drug-likeness (QED) is 0.690. The zero-order valence-corrected chi connectivity index (χ0v) is 13.2. The van der Waals surface area contributed by atoms with Gasteiger partial charge in [0.05, 0.1) is 6.04 Å². The van der Waals surface area contributed by atoms with Crippen LogP contribution < -0.4 is 11.1 Å². The average molecular weight is 362 g/mol. The number of carbonyl (C=O) groups excluding carboxylic acids is 3. The topological polar surface area (TPSA) is 108 Å². The first kappa shape index (κ1) is 20.4. The number of nitrogens with two attached hydrogens (primary N) is 1. The van der Waals surface area contributed by atoms with Crippen LogP contribution in [0.15, 0.2) is 30.3 Å². The molecule has 0 aliphatic heterocycles. The molecule has 1 amide bonds. The first-order valence-electron chi connectivity index (χ1n) is 7.11. The maximum atomic E-state index is 12.2. The summed E-state index contributed by atoms with van der Waals surface area (Å²) in [4.78, 5) is 34.3. The molecule has 1 aromatic carbocycles. The smallest absolute Gasteiger partial charge is 0.459 e. The van der Waals surface area contributed by atoms with Crippen molar-refractivity contribution >= 4 is 17.8 Å². The summed E-state index contributed by atoms with van der Waals surface area (Å²) in [6.07, 6.45) is -5.22. The molecule has 138 valence electrons. The number of nitrogens with one attached hydrogen (secondary N) is 1. The minimum Gasteiger partial charge on any atom is -0.459 e. The highest BCUT2D eigenvalue weighted by molar-refractivity contribution is 5.87. The van der Waals surface area contributed by atoms with E-state index in [9.17, 15) is 27.6 Å². The fraction of sp³-hybridized carbons (Fsp3) is 0.400. The third kappa shape index (κ3) is 7.21. The summed E-state index contributed by atoms with van der Waals surface area (Å²) in [5.74, 6) is -4.36. The van der Waals surface area contributed by atoms with E-state index >= 15 is 0 Å². The predicted molar refractivity (Wildman–Crippen MR) is 78.8 cm³/mol. The second kappa shape index (κ2) is 9.02. The third-order valence-electron chi connectivity index (χ3n) is 2.85. The number of alkyl halides is 3. The molecule has 0 unspecified atom stereocenters. The second-order valence-corrected chi connectivity index (χ2v) is 5.04. The lowest BCUT2D eigenvalue weighted by Gasteiger charge is -2.19. The molecule has 0 bridgehead atoms. The molecule has 0 heterocycles. The highest BCUT2D eigenvalue weighted by Gasteiger charge is 2.41. The Balaban J connectivity index is 2.70. The SMILES string of the molecule is C[C@H](N)C(=O)N[C@@H](COC(=O)C(F)(F)F)C(=O)OCc1ccccc1. The highest BCUT2D eigenvalue weighted by Crippen LogP contribution is 2.16. The molecule has 1 aromatic rings. The third-order valence-corrected chi connectivity index (χ3v) is 2.85. The van der Waals surface area contributed by atoms with Gasteiger partial charge in [-0.25, -0.2) is 9.59 Å². The van der Waals surface area contributed by atoms with Crippen LogP contribution >= 0.6 is 0 Å². The van der Waals surface area contributed by atoms with Crippen molar-refractivity contribution in [2.45, 2.75) is 31.8 Å². The van der Waals surface area contributed by atoms with Gasteiger partial charge in [-0.05, 0) is 12.5 Å². The summed E-state index contributed by atoms with van der Waals surface area (Å²) in [6.45, 7) is 0.102. The molecule has 0 spiro atoms. The number of hydrogen-bond donors (Lipinski definition) is 2. The van der Waals surface area contributed by atoms with Crippen LogP contribution in [-0.4, -0.2) is 42.7 Å². The molecule has 3 N–H and O–H groups in total. The van der Waals surface area contributed by atoms with E-state index in [-0.39, 0.29) is 6.61 Å². The van der Waals surface area contributed by atoms with Crippen LogP contribution in [-0.2, 0) is 30.5 Å². The van der Waals surface area contributed by atoms with Gasteiger partial charge in [0, 0.05) is 0 Å². The Morgan fingerprint density at radius 2 is 1.76 bits per heavy atom. The van der Waals surface area contributed by atoms with E-state index in [0.29, 0.717) is 5.56 Å². The summed E-state index contributed by atoms with van der Waals surface area (Å²) < 4.78 is 45.4. The zero-order valence-electron chi connectivity index (χ0n) is 13.2. The zero-order chi connectivity index (χ0) is 19.0. The summed E-state index contributed by atoms with van der Waals surface area (Å²) in [7, 11) is 0. The van der Waals surface area contributed by atoms with E-state index in [1.165, 1.54) is 6.92 Å². The summed E-state index contributed by atoms with van der Waals surface area (Å²) in [5.41, 5.74) is 5.95. The normalized spacial score (nSPS) is 13.5. The van der Waals surface area contributed by atoms with E-state index < -0.39 is 42.7 Å². The van der Waals surface area contributed by atoms with E-state index in [1.807, 2.05) is 0 Å². The average Bonchev–Trinajstić information content (AvgIpc) is 2.55. The van der Waals surface area contributed by atoms with Crippen molar-refractivity contribution in [1.82, 2.24) is 5.32 Å². The lowest BCUT2D eigenvalue weighted by molar-refractivity contribution is -0.200. The molecule has 0 aliphatic carbocycles. The van der Waals surface area contributed by atoms with Crippen LogP contribution in [0.2, 0.25) is 0 Å². The molecule has 0 saturated carbocycles. The van der Waals surface area contributed by atoms with Gasteiger partial charge >= 0.3 is 18.1 Å². The standard InChI is InChI=1S/C15H17F3N2O5/c1-9(19)12(21)20-11(8-25-14(23)15(16,17)18)13(22)24-7-10-5-3-2-4-6-10/h2-6,9,11H,7-8,19H2,1H3,(H,20,21)/t9-,11-/m0/s1. The Kier molecular flexibility index (Phi) is 7.37. The molecule has 0 radical (unpaired) electrons. The lowest BCUT2D eigenvalue weighted by Crippen LogP contribution is -2.50. The Labute approximate surface area is 141 Å². The molecular formula is C15H17F3N2O5. The van der Waals surface area contributed by atoms with Crippen molar-refractivity contribution in [3.63, 3.8) is 0 Å². The minimum atomic E-state index is -5.22. The van der Waals surface area contributed by atoms with Crippen LogP contribution in [0.25, 0.3) is 0 Å². The molecule has 0 saturated heterocycles. The van der Waals surface area contributed by atoms with Gasteiger partial charge in [-0.15, -0.1) is 0 Å². The van der Waals surface area contributed by atoms with E-state index in [0.717, 1.165) is 0 Å². The number of rotatable bonds is 7. The van der Waals surface area contributed by atoms with Crippen molar-refractivity contribution in [2.24, 2.45) is 5.73 Å². The van der Waals surface area contributed by atoms with Gasteiger partial charge in [-0.1, -0.05) is 30.3 Å². The fourth-order valence-corrected chi connectivity index (χ4v) is 1.54. The van der Waals surface area contributed by atoms with Gasteiger partial charge in [0.2, 0.25) is 5.91 Å². The summed E-state index contributed by atoms with van der Waals surface area (Å²) in [6, 6.07) is 5.82. The van der Waals surface area contributed by atoms with E-state index in [4.69, 9.17) is 10.5 Å². The van der Waals surface area contributed by atoms with Crippen molar-refractivity contribution in [3.8, 4) is 0 Å². The Morgan fingerprint density at radius 1 is 1.16 bits per heavy atom. The highest BCUT2D eigenvalue weighted by atomic mass is 19.4. The predicted octanol–water partition coefficient (Wildman–Crippen LogP) is 0.667. The molecule has 10 heteroatoms. The molecule has 25 heavy (non-hydrogen) atoms. The number of amides is 1. The molecule has 2 atom stereocenters.